The van der Waals surface area contributed by atoms with E-state index in [-0.39, 0.29) is 0 Å². The van der Waals surface area contributed by atoms with Crippen LogP contribution in [-0.2, 0) is 4.74 Å². The Morgan fingerprint density at radius 1 is 1.45 bits per heavy atom. The highest BCUT2D eigenvalue weighted by atomic mass is 32.2. The average Bonchev–Trinajstić information content (AvgIpc) is 2.36. The highest BCUT2D eigenvalue weighted by Crippen LogP contribution is 2.36. The van der Waals surface area contributed by atoms with Gasteiger partial charge in [0.15, 0.2) is 6.61 Å². The topological polar surface area (TPSA) is 38.3 Å². The lowest BCUT2D eigenvalue weighted by molar-refractivity contribution is -0.160. The van der Waals surface area contributed by atoms with Crippen LogP contribution in [-0.4, -0.2) is 24.6 Å². The molecule has 20 heavy (non-hydrogen) atoms. The van der Waals surface area contributed by atoms with E-state index in [1.165, 1.54) is 23.9 Å². The Balaban J connectivity index is 2.01. The zero-order valence-electron chi connectivity index (χ0n) is 10.2. The van der Waals surface area contributed by atoms with E-state index in [9.17, 15) is 22.4 Å². The zero-order chi connectivity index (χ0) is 14.8. The number of fused-ring (bicyclic) bond motifs is 1. The number of carbonyl (C=O) groups excluding carboxylic acids is 1. The molecule has 1 amide bonds. The molecule has 8 heteroatoms. The molecule has 0 spiro atoms. The van der Waals surface area contributed by atoms with Crippen LogP contribution in [0.15, 0.2) is 23.1 Å². The predicted octanol–water partition coefficient (Wildman–Crippen LogP) is 3.65. The lowest BCUT2D eigenvalue weighted by Gasteiger charge is -2.25. The number of halogens is 4. The summed E-state index contributed by atoms with van der Waals surface area (Å²) in [6, 6.07) is 3.62. The molecular weight excluding hydrogens is 298 g/mol. The van der Waals surface area contributed by atoms with E-state index >= 15 is 0 Å². The van der Waals surface area contributed by atoms with Crippen LogP contribution in [0, 0.1) is 5.82 Å². The van der Waals surface area contributed by atoms with Crippen molar-refractivity contribution in [2.45, 2.75) is 23.5 Å². The van der Waals surface area contributed by atoms with E-state index in [0.717, 1.165) is 4.90 Å². The predicted molar refractivity (Wildman–Crippen MR) is 65.0 cm³/mol. The summed E-state index contributed by atoms with van der Waals surface area (Å²) in [5.41, 5.74) is 0.560. The molecule has 0 saturated carbocycles. The van der Waals surface area contributed by atoms with Gasteiger partial charge in [-0.05, 0) is 30.2 Å². The molecule has 1 atom stereocenters. The minimum absolute atomic E-state index is 0.457. The summed E-state index contributed by atoms with van der Waals surface area (Å²) in [5, 5.41) is 2.33. The molecule has 0 aromatic heterocycles. The summed E-state index contributed by atoms with van der Waals surface area (Å²) in [6.45, 7) is -1.64. The van der Waals surface area contributed by atoms with Gasteiger partial charge in [-0.2, -0.15) is 13.2 Å². The number of ether oxygens (including phenoxy) is 1. The van der Waals surface area contributed by atoms with Crippen LogP contribution in [0.25, 0.3) is 0 Å². The summed E-state index contributed by atoms with van der Waals surface area (Å²) in [5.74, 6) is 0.227. The molecule has 0 saturated heterocycles. The number of thioether (sulfide) groups is 1. The van der Waals surface area contributed by atoms with Gasteiger partial charge < -0.3 is 10.1 Å². The maximum atomic E-state index is 13.2. The van der Waals surface area contributed by atoms with Crippen molar-refractivity contribution in [3.8, 4) is 0 Å². The van der Waals surface area contributed by atoms with Gasteiger partial charge in [0.2, 0.25) is 0 Å². The Labute approximate surface area is 116 Å². The number of hydrogen-bond donors (Lipinski definition) is 1. The molecule has 1 aliphatic rings. The standard InChI is InChI=1S/C12H11F4NO2S/c13-7-1-2-10-8(5-7)9(3-4-20-10)17-11(18)19-6-12(14,15)16/h1-2,5,9H,3-4,6H2,(H,17,18). The molecule has 110 valence electrons. The highest BCUT2D eigenvalue weighted by Gasteiger charge is 2.30. The van der Waals surface area contributed by atoms with Crippen molar-refractivity contribution in [1.29, 1.82) is 0 Å². The van der Waals surface area contributed by atoms with E-state index in [4.69, 9.17) is 0 Å². The van der Waals surface area contributed by atoms with E-state index in [1.807, 2.05) is 0 Å². The van der Waals surface area contributed by atoms with Crippen molar-refractivity contribution in [3.63, 3.8) is 0 Å². The van der Waals surface area contributed by atoms with Crippen LogP contribution in [0.5, 0.6) is 0 Å². The number of nitrogens with one attached hydrogen (secondary N) is 1. The second kappa shape index (κ2) is 5.90. The molecule has 1 heterocycles. The largest absolute Gasteiger partial charge is 0.440 e. The fraction of sp³-hybridized carbons (Fsp3) is 0.417. The molecule has 0 bridgehead atoms. The first kappa shape index (κ1) is 15.0. The fourth-order valence-electron chi connectivity index (χ4n) is 1.85. The van der Waals surface area contributed by atoms with E-state index in [0.29, 0.717) is 17.7 Å². The smallest absolute Gasteiger partial charge is 0.422 e. The van der Waals surface area contributed by atoms with Crippen molar-refractivity contribution in [2.75, 3.05) is 12.4 Å². The minimum Gasteiger partial charge on any atom is -0.440 e. The second-order valence-electron chi connectivity index (χ2n) is 4.21. The van der Waals surface area contributed by atoms with Gasteiger partial charge in [-0.1, -0.05) is 0 Å². The number of amides is 1. The first-order valence-electron chi connectivity index (χ1n) is 5.77. The highest BCUT2D eigenvalue weighted by molar-refractivity contribution is 7.99. The molecule has 1 N–H and O–H groups in total. The third-order valence-corrected chi connectivity index (χ3v) is 3.79. The minimum atomic E-state index is -4.57. The molecular formula is C12H11F4NO2S. The maximum absolute atomic E-state index is 13.2. The monoisotopic (exact) mass is 309 g/mol. The van der Waals surface area contributed by atoms with Gasteiger partial charge >= 0.3 is 12.3 Å². The molecule has 1 aromatic carbocycles. The molecule has 3 nitrogen and oxygen atoms in total. The maximum Gasteiger partial charge on any atom is 0.422 e. The Kier molecular flexibility index (Phi) is 4.42. The van der Waals surface area contributed by atoms with Gasteiger partial charge in [0.25, 0.3) is 0 Å². The number of hydrogen-bond acceptors (Lipinski definition) is 3. The Morgan fingerprint density at radius 2 is 2.20 bits per heavy atom. The van der Waals surface area contributed by atoms with E-state index < -0.39 is 30.7 Å². The van der Waals surface area contributed by atoms with Crippen LogP contribution in [0.4, 0.5) is 22.4 Å². The van der Waals surface area contributed by atoms with Gasteiger partial charge in [-0.3, -0.25) is 0 Å². The molecule has 0 aliphatic carbocycles. The first-order chi connectivity index (χ1) is 9.35. The van der Waals surface area contributed by atoms with Gasteiger partial charge in [0, 0.05) is 10.6 Å². The van der Waals surface area contributed by atoms with Crippen LogP contribution < -0.4 is 5.32 Å². The Hall–Kier alpha value is -1.44. The van der Waals surface area contributed by atoms with Crippen LogP contribution >= 0.6 is 11.8 Å². The van der Waals surface area contributed by atoms with Crippen LogP contribution in [0.2, 0.25) is 0 Å². The third kappa shape index (κ3) is 4.03. The summed E-state index contributed by atoms with van der Waals surface area (Å²) in [7, 11) is 0. The van der Waals surface area contributed by atoms with Crippen molar-refractivity contribution < 1.29 is 27.1 Å². The number of rotatable bonds is 2. The SMILES string of the molecule is O=C(NC1CCSc2ccc(F)cc21)OCC(F)(F)F. The molecule has 0 radical (unpaired) electrons. The summed E-state index contributed by atoms with van der Waals surface area (Å²) >= 11 is 1.51. The molecule has 2 rings (SSSR count). The van der Waals surface area contributed by atoms with Gasteiger partial charge in [-0.15, -0.1) is 11.8 Å². The summed E-state index contributed by atoms with van der Waals surface area (Å²) in [6.07, 6.45) is -5.22. The molecule has 1 aromatic rings. The number of carbonyl (C=O) groups is 1. The number of alkyl carbamates (subject to hydrolysis) is 1. The fourth-order valence-corrected chi connectivity index (χ4v) is 2.95. The van der Waals surface area contributed by atoms with E-state index in [1.54, 1.807) is 6.07 Å². The molecule has 1 unspecified atom stereocenters. The Bertz CT molecular complexity index is 507. The third-order valence-electron chi connectivity index (χ3n) is 2.67. The summed E-state index contributed by atoms with van der Waals surface area (Å²) < 4.78 is 53.1. The van der Waals surface area contributed by atoms with Crippen molar-refractivity contribution in [2.24, 2.45) is 0 Å². The Morgan fingerprint density at radius 3 is 2.90 bits per heavy atom. The molecule has 1 aliphatic heterocycles. The quantitative estimate of drug-likeness (QED) is 0.848. The van der Waals surface area contributed by atoms with Gasteiger partial charge in [0.1, 0.15) is 5.82 Å². The van der Waals surface area contributed by atoms with Crippen molar-refractivity contribution >= 4 is 17.9 Å². The lowest BCUT2D eigenvalue weighted by Crippen LogP contribution is -2.33. The van der Waals surface area contributed by atoms with Crippen molar-refractivity contribution in [1.82, 2.24) is 5.32 Å². The number of alkyl halides is 3. The second-order valence-corrected chi connectivity index (χ2v) is 5.34. The first-order valence-corrected chi connectivity index (χ1v) is 6.76. The number of benzene rings is 1. The van der Waals surface area contributed by atoms with Crippen LogP contribution in [0.3, 0.4) is 0 Å². The zero-order valence-corrected chi connectivity index (χ0v) is 11.0. The average molecular weight is 309 g/mol. The molecule has 0 fully saturated rings. The van der Waals surface area contributed by atoms with E-state index in [2.05, 4.69) is 10.1 Å². The lowest BCUT2D eigenvalue weighted by atomic mass is 10.0. The van der Waals surface area contributed by atoms with Gasteiger partial charge in [0.05, 0.1) is 6.04 Å². The van der Waals surface area contributed by atoms with Crippen molar-refractivity contribution in [3.05, 3.63) is 29.6 Å². The summed E-state index contributed by atoms with van der Waals surface area (Å²) in [4.78, 5) is 12.1. The van der Waals surface area contributed by atoms with Gasteiger partial charge in [-0.25, -0.2) is 9.18 Å². The van der Waals surface area contributed by atoms with Crippen LogP contribution in [0.1, 0.15) is 18.0 Å². The normalized spacial score (nSPS) is 18.3.